The van der Waals surface area contributed by atoms with Gasteiger partial charge in [0.15, 0.2) is 0 Å². The van der Waals surface area contributed by atoms with Crippen LogP contribution in [0.2, 0.25) is 6.82 Å². The van der Waals surface area contributed by atoms with Crippen LogP contribution in [0.1, 0.15) is 18.5 Å². The monoisotopic (exact) mass is 230 g/mol. The molecule has 90 valence electrons. The van der Waals surface area contributed by atoms with Gasteiger partial charge in [0, 0.05) is 6.20 Å². The Kier molecular flexibility index (Phi) is 3.97. The van der Waals surface area contributed by atoms with Crippen molar-refractivity contribution in [3.63, 3.8) is 0 Å². The number of hydrogen-bond donors (Lipinski definition) is 1. The topological polar surface area (TPSA) is 36.4 Å². The highest BCUT2D eigenvalue weighted by atomic mass is 16.2. The van der Waals surface area contributed by atoms with Crippen molar-refractivity contribution in [1.82, 2.24) is 9.79 Å². The van der Waals surface area contributed by atoms with Gasteiger partial charge in [-0.2, -0.15) is 0 Å². The lowest BCUT2D eigenvalue weighted by Gasteiger charge is -2.33. The Morgan fingerprint density at radius 3 is 2.71 bits per heavy atom. The van der Waals surface area contributed by atoms with Crippen LogP contribution in [0.5, 0.6) is 0 Å². The number of hydrogen-bond acceptors (Lipinski definition) is 3. The van der Waals surface area contributed by atoms with Gasteiger partial charge in [0.2, 0.25) is 0 Å². The largest absolute Gasteiger partial charge is 0.437 e. The molecule has 1 aliphatic rings. The molecule has 0 bridgehead atoms. The fourth-order valence-electron chi connectivity index (χ4n) is 2.38. The second kappa shape index (κ2) is 5.47. The molecule has 0 radical (unpaired) electrons. The van der Waals surface area contributed by atoms with E-state index in [2.05, 4.69) is 16.4 Å². The summed E-state index contributed by atoms with van der Waals surface area (Å²) in [5.74, 6) is 0.500. The second-order valence-electron chi connectivity index (χ2n) is 4.68. The highest BCUT2D eigenvalue weighted by molar-refractivity contribution is 6.45. The molecule has 0 unspecified atom stereocenters. The van der Waals surface area contributed by atoms with E-state index in [4.69, 9.17) is 0 Å². The van der Waals surface area contributed by atoms with Crippen LogP contribution < -0.4 is 0 Å². The number of rotatable bonds is 3. The third kappa shape index (κ3) is 2.96. The Bertz CT molecular complexity index is 372. The van der Waals surface area contributed by atoms with Gasteiger partial charge in [0.25, 0.3) is 0 Å². The summed E-state index contributed by atoms with van der Waals surface area (Å²) in [6, 6.07) is 5.94. The zero-order chi connectivity index (χ0) is 12.3. The van der Waals surface area contributed by atoms with Crippen molar-refractivity contribution in [3.05, 3.63) is 36.7 Å². The lowest BCUT2D eigenvalue weighted by Crippen LogP contribution is -2.43. The van der Waals surface area contributed by atoms with Gasteiger partial charge < -0.3 is 9.83 Å². The smallest absolute Gasteiger partial charge is 0.376 e. The van der Waals surface area contributed by atoms with E-state index in [-0.39, 0.29) is 7.05 Å². The van der Waals surface area contributed by atoms with E-state index in [0.29, 0.717) is 5.92 Å². The lowest BCUT2D eigenvalue weighted by molar-refractivity contribution is 0.282. The zero-order valence-corrected chi connectivity index (χ0v) is 10.3. The van der Waals surface area contributed by atoms with E-state index in [9.17, 15) is 5.02 Å². The van der Waals surface area contributed by atoms with Crippen molar-refractivity contribution in [1.29, 1.82) is 0 Å². The molecule has 17 heavy (non-hydrogen) atoms. The highest BCUT2D eigenvalue weighted by Gasteiger charge is 2.25. The first kappa shape index (κ1) is 12.3. The van der Waals surface area contributed by atoms with Crippen molar-refractivity contribution in [2.75, 3.05) is 13.1 Å². The van der Waals surface area contributed by atoms with E-state index in [1.165, 1.54) is 0 Å². The van der Waals surface area contributed by atoms with E-state index in [1.807, 2.05) is 31.2 Å². The molecule has 2 heterocycles. The minimum absolute atomic E-state index is 0.334. The first-order chi connectivity index (χ1) is 8.18. The maximum Gasteiger partial charge on any atom is 0.376 e. The molecule has 1 aromatic rings. The summed E-state index contributed by atoms with van der Waals surface area (Å²) in [6.45, 7) is 7.88. The molecule has 0 spiro atoms. The van der Waals surface area contributed by atoms with E-state index >= 15 is 0 Å². The number of allylic oxidation sites excluding steroid dienone is 1. The summed E-state index contributed by atoms with van der Waals surface area (Å²) < 4.78 is 0. The summed E-state index contributed by atoms with van der Waals surface area (Å²) in [5.41, 5.74) is 2.14. The maximum atomic E-state index is 9.51. The third-order valence-corrected chi connectivity index (χ3v) is 3.54. The zero-order valence-electron chi connectivity index (χ0n) is 10.3. The molecule has 1 aliphatic heterocycles. The van der Waals surface area contributed by atoms with Crippen molar-refractivity contribution in [2.45, 2.75) is 19.7 Å². The van der Waals surface area contributed by atoms with Crippen LogP contribution in [0.4, 0.5) is 0 Å². The van der Waals surface area contributed by atoms with Crippen LogP contribution >= 0.6 is 0 Å². The Hall–Kier alpha value is -1.13. The molecule has 3 nitrogen and oxygen atoms in total. The van der Waals surface area contributed by atoms with Gasteiger partial charge in [-0.15, -0.1) is 0 Å². The third-order valence-electron chi connectivity index (χ3n) is 3.54. The average molecular weight is 230 g/mol. The first-order valence-electron chi connectivity index (χ1n) is 6.21. The molecular weight excluding hydrogens is 211 g/mol. The molecular formula is C13H19BN2O. The van der Waals surface area contributed by atoms with E-state index < -0.39 is 0 Å². The summed E-state index contributed by atoms with van der Waals surface area (Å²) in [6.07, 6.45) is 3.92. The van der Waals surface area contributed by atoms with Crippen molar-refractivity contribution >= 4 is 12.6 Å². The van der Waals surface area contributed by atoms with Gasteiger partial charge in [-0.05, 0) is 56.4 Å². The van der Waals surface area contributed by atoms with Gasteiger partial charge in [-0.25, -0.2) is 0 Å². The van der Waals surface area contributed by atoms with Crippen molar-refractivity contribution in [3.8, 4) is 0 Å². The van der Waals surface area contributed by atoms with Gasteiger partial charge in [-0.3, -0.25) is 4.98 Å². The Morgan fingerprint density at radius 1 is 1.47 bits per heavy atom. The number of nitrogens with zero attached hydrogens (tertiary/aromatic N) is 2. The van der Waals surface area contributed by atoms with Crippen LogP contribution in [-0.2, 0) is 0 Å². The van der Waals surface area contributed by atoms with Crippen LogP contribution in [0.15, 0.2) is 31.0 Å². The predicted molar refractivity (Wildman–Crippen MR) is 71.4 cm³/mol. The molecule has 0 saturated carbocycles. The van der Waals surface area contributed by atoms with Crippen molar-refractivity contribution in [2.24, 2.45) is 5.92 Å². The second-order valence-corrected chi connectivity index (χ2v) is 4.68. The maximum absolute atomic E-state index is 9.51. The van der Waals surface area contributed by atoms with Crippen LogP contribution in [0.25, 0.3) is 5.57 Å². The van der Waals surface area contributed by atoms with Crippen LogP contribution in [0.3, 0.4) is 0 Å². The SMILES string of the molecule is C=C(c1ccccn1)C1CCN(B(C)O)CC1. The fraction of sp³-hybridized carbons (Fsp3) is 0.462. The number of pyridine rings is 1. The highest BCUT2D eigenvalue weighted by Crippen LogP contribution is 2.29. The minimum Gasteiger partial charge on any atom is -0.437 e. The summed E-state index contributed by atoms with van der Waals surface area (Å²) in [7, 11) is -0.334. The summed E-state index contributed by atoms with van der Waals surface area (Å²) in [5, 5.41) is 9.51. The molecule has 1 saturated heterocycles. The molecule has 1 aromatic heterocycles. The summed E-state index contributed by atoms with van der Waals surface area (Å²) in [4.78, 5) is 6.44. The Morgan fingerprint density at radius 2 is 2.18 bits per heavy atom. The molecule has 0 aromatic carbocycles. The lowest BCUT2D eigenvalue weighted by atomic mass is 9.79. The quantitative estimate of drug-likeness (QED) is 0.806. The van der Waals surface area contributed by atoms with Crippen LogP contribution in [0, 0.1) is 5.92 Å². The standard InChI is InChI=1S/C13H19BN2O/c1-11(13-5-3-4-8-15-13)12-6-9-16(10-7-12)14(2)17/h3-5,8,12,17H,1,6-7,9-10H2,2H3. The van der Waals surface area contributed by atoms with Gasteiger partial charge in [-0.1, -0.05) is 12.6 Å². The molecule has 0 aliphatic carbocycles. The average Bonchev–Trinajstić information content (AvgIpc) is 2.39. The van der Waals surface area contributed by atoms with Crippen LogP contribution in [-0.4, -0.2) is 35.0 Å². The van der Waals surface area contributed by atoms with Crippen molar-refractivity contribution < 1.29 is 5.02 Å². The predicted octanol–water partition coefficient (Wildman–Crippen LogP) is 1.92. The molecule has 1 fully saturated rings. The number of piperidine rings is 1. The number of aromatic nitrogens is 1. The fourth-order valence-corrected chi connectivity index (χ4v) is 2.38. The van der Waals surface area contributed by atoms with E-state index in [1.54, 1.807) is 0 Å². The Balaban J connectivity index is 1.95. The molecule has 4 heteroatoms. The van der Waals surface area contributed by atoms with Gasteiger partial charge in [0.05, 0.1) is 5.69 Å². The normalized spacial score (nSPS) is 18.0. The first-order valence-corrected chi connectivity index (χ1v) is 6.21. The Labute approximate surface area is 103 Å². The van der Waals surface area contributed by atoms with E-state index in [0.717, 1.165) is 37.2 Å². The molecule has 0 amide bonds. The molecule has 0 atom stereocenters. The molecule has 2 rings (SSSR count). The summed E-state index contributed by atoms with van der Waals surface area (Å²) >= 11 is 0. The van der Waals surface area contributed by atoms with Gasteiger partial charge in [0.1, 0.15) is 0 Å². The molecule has 1 N–H and O–H groups in total. The van der Waals surface area contributed by atoms with Gasteiger partial charge >= 0.3 is 7.05 Å². The minimum atomic E-state index is -0.334.